The van der Waals surface area contributed by atoms with Gasteiger partial charge < -0.3 is 20.3 Å². The molecule has 0 saturated carbocycles. The van der Waals surface area contributed by atoms with E-state index in [4.69, 9.17) is 4.74 Å². The van der Waals surface area contributed by atoms with Crippen LogP contribution in [-0.2, 0) is 4.74 Å². The lowest BCUT2D eigenvalue weighted by Gasteiger charge is -2.38. The largest absolute Gasteiger partial charge is 0.373 e. The van der Waals surface area contributed by atoms with Gasteiger partial charge >= 0.3 is 0 Å². The third-order valence-corrected chi connectivity index (χ3v) is 6.09. The second-order valence-corrected chi connectivity index (χ2v) is 8.34. The summed E-state index contributed by atoms with van der Waals surface area (Å²) in [6.07, 6.45) is 2.47. The second-order valence-electron chi connectivity index (χ2n) is 8.34. The van der Waals surface area contributed by atoms with Crippen molar-refractivity contribution in [1.82, 2.24) is 20.4 Å². The van der Waals surface area contributed by atoms with E-state index in [1.165, 1.54) is 17.5 Å². The van der Waals surface area contributed by atoms with Gasteiger partial charge in [0.1, 0.15) is 0 Å². The average molecular weight is 515 g/mol. The molecule has 3 rings (SSSR count). The smallest absolute Gasteiger partial charge is 0.191 e. The lowest BCUT2D eigenvalue weighted by Crippen LogP contribution is -2.55. The minimum atomic E-state index is 0. The Balaban J connectivity index is 0.00000300. The van der Waals surface area contributed by atoms with Gasteiger partial charge in [-0.3, -0.25) is 9.89 Å². The molecule has 0 bridgehead atoms. The summed E-state index contributed by atoms with van der Waals surface area (Å²) in [5, 5.41) is 7.06. The fourth-order valence-electron chi connectivity index (χ4n) is 4.16. The van der Waals surface area contributed by atoms with Crippen molar-refractivity contribution in [1.29, 1.82) is 0 Å². The predicted octanol–water partition coefficient (Wildman–Crippen LogP) is 2.49. The fraction of sp³-hybridized carbons (Fsp3) is 0.682. The van der Waals surface area contributed by atoms with E-state index in [2.05, 4.69) is 70.7 Å². The number of piperazine rings is 1. The van der Waals surface area contributed by atoms with Crippen LogP contribution in [0.15, 0.2) is 29.3 Å². The Hall–Kier alpha value is -0.900. The van der Waals surface area contributed by atoms with Crippen LogP contribution in [0.4, 0.5) is 0 Å². The summed E-state index contributed by atoms with van der Waals surface area (Å²) in [6, 6.07) is 9.28. The number of nitrogens with zero attached hydrogens (tertiary/aromatic N) is 3. The maximum Gasteiger partial charge on any atom is 0.191 e. The van der Waals surface area contributed by atoms with Gasteiger partial charge in [-0.1, -0.05) is 29.8 Å². The summed E-state index contributed by atoms with van der Waals surface area (Å²) >= 11 is 0. The van der Waals surface area contributed by atoms with Gasteiger partial charge in [0.25, 0.3) is 0 Å². The first-order valence-corrected chi connectivity index (χ1v) is 10.6. The van der Waals surface area contributed by atoms with Crippen LogP contribution in [0.5, 0.6) is 0 Å². The van der Waals surface area contributed by atoms with Crippen LogP contribution in [0.2, 0.25) is 0 Å². The number of hydrogen-bond donors (Lipinski definition) is 2. The molecule has 6 nitrogen and oxygen atoms in total. The average Bonchev–Trinajstić information content (AvgIpc) is 2.71. The number of aliphatic imine (C=N–C) groups is 1. The number of hydrogen-bond acceptors (Lipinski definition) is 4. The van der Waals surface area contributed by atoms with Crippen molar-refractivity contribution in [3.63, 3.8) is 0 Å². The van der Waals surface area contributed by atoms with Crippen molar-refractivity contribution < 1.29 is 4.74 Å². The van der Waals surface area contributed by atoms with Crippen LogP contribution in [0.1, 0.15) is 30.1 Å². The van der Waals surface area contributed by atoms with Crippen molar-refractivity contribution >= 4 is 29.9 Å². The summed E-state index contributed by atoms with van der Waals surface area (Å²) in [4.78, 5) is 9.26. The van der Waals surface area contributed by atoms with E-state index in [9.17, 15) is 0 Å². The van der Waals surface area contributed by atoms with E-state index in [0.29, 0.717) is 12.0 Å². The molecule has 29 heavy (non-hydrogen) atoms. The van der Waals surface area contributed by atoms with E-state index in [-0.39, 0.29) is 30.1 Å². The standard InChI is InChI=1S/C22H37N5O.HI/c1-17-7-9-18(10-8-17)21-19(6-5-13-28-21)14-24-22(23-2)25-15-20-16-26(3)11-12-27(20)4;/h7-10,19-21H,5-6,11-16H2,1-4H3,(H2,23,24,25);1H. The third-order valence-electron chi connectivity index (χ3n) is 6.09. The van der Waals surface area contributed by atoms with Crippen LogP contribution < -0.4 is 10.6 Å². The molecule has 7 heteroatoms. The molecule has 164 valence electrons. The van der Waals surface area contributed by atoms with Gasteiger partial charge in [-0.05, 0) is 39.4 Å². The third kappa shape index (κ3) is 7.08. The van der Waals surface area contributed by atoms with E-state index in [0.717, 1.165) is 51.7 Å². The highest BCUT2D eigenvalue weighted by Crippen LogP contribution is 2.33. The van der Waals surface area contributed by atoms with Crippen molar-refractivity contribution in [2.75, 3.05) is 60.5 Å². The van der Waals surface area contributed by atoms with Gasteiger partial charge in [0.2, 0.25) is 0 Å². The molecule has 0 amide bonds. The van der Waals surface area contributed by atoms with Gasteiger partial charge in [0, 0.05) is 58.3 Å². The highest BCUT2D eigenvalue weighted by Gasteiger charge is 2.28. The minimum absolute atomic E-state index is 0. The van der Waals surface area contributed by atoms with Gasteiger partial charge in [-0.2, -0.15) is 0 Å². The number of aryl methyl sites for hydroxylation is 1. The Kier molecular flexibility index (Phi) is 10.1. The first kappa shape index (κ1) is 24.4. The summed E-state index contributed by atoms with van der Waals surface area (Å²) in [7, 11) is 6.25. The monoisotopic (exact) mass is 515 g/mol. The van der Waals surface area contributed by atoms with Crippen LogP contribution in [0, 0.1) is 12.8 Å². The number of nitrogens with one attached hydrogen (secondary N) is 2. The first-order chi connectivity index (χ1) is 13.6. The molecular formula is C22H38IN5O. The Bertz CT molecular complexity index is 639. The Morgan fingerprint density at radius 2 is 1.86 bits per heavy atom. The molecule has 2 heterocycles. The van der Waals surface area contributed by atoms with Gasteiger partial charge in [-0.15, -0.1) is 24.0 Å². The molecule has 3 atom stereocenters. The summed E-state index contributed by atoms with van der Waals surface area (Å²) in [5.41, 5.74) is 2.57. The lowest BCUT2D eigenvalue weighted by molar-refractivity contribution is -0.0265. The molecule has 1 aromatic rings. The minimum Gasteiger partial charge on any atom is -0.373 e. The topological polar surface area (TPSA) is 52.1 Å². The number of guanidine groups is 1. The van der Waals surface area contributed by atoms with Gasteiger partial charge in [-0.25, -0.2) is 0 Å². The van der Waals surface area contributed by atoms with Crippen molar-refractivity contribution in [2.24, 2.45) is 10.9 Å². The van der Waals surface area contributed by atoms with Gasteiger partial charge in [0.05, 0.1) is 6.10 Å². The van der Waals surface area contributed by atoms with E-state index in [1.54, 1.807) is 0 Å². The molecule has 0 aromatic heterocycles. The molecule has 2 aliphatic rings. The molecule has 0 radical (unpaired) electrons. The number of benzene rings is 1. The van der Waals surface area contributed by atoms with Gasteiger partial charge in [0.15, 0.2) is 5.96 Å². The molecular weight excluding hydrogens is 477 g/mol. The molecule has 0 spiro atoms. The maximum absolute atomic E-state index is 6.15. The molecule has 2 fully saturated rings. The lowest BCUT2D eigenvalue weighted by atomic mass is 9.89. The van der Waals surface area contributed by atoms with Crippen LogP contribution >= 0.6 is 24.0 Å². The number of rotatable bonds is 5. The molecule has 1 aromatic carbocycles. The van der Waals surface area contributed by atoms with Crippen molar-refractivity contribution in [2.45, 2.75) is 31.9 Å². The highest BCUT2D eigenvalue weighted by atomic mass is 127. The van der Waals surface area contributed by atoms with E-state index < -0.39 is 0 Å². The van der Waals surface area contributed by atoms with Crippen molar-refractivity contribution in [3.05, 3.63) is 35.4 Å². The predicted molar refractivity (Wildman–Crippen MR) is 131 cm³/mol. The zero-order valence-corrected chi connectivity index (χ0v) is 20.7. The quantitative estimate of drug-likeness (QED) is 0.359. The van der Waals surface area contributed by atoms with Crippen LogP contribution in [-0.4, -0.2) is 82.3 Å². The first-order valence-electron chi connectivity index (χ1n) is 10.6. The number of likely N-dealkylation sites (N-methyl/N-ethyl adjacent to an activating group) is 2. The second kappa shape index (κ2) is 12.1. The zero-order valence-electron chi connectivity index (χ0n) is 18.4. The van der Waals surface area contributed by atoms with E-state index >= 15 is 0 Å². The normalized spacial score (nSPS) is 26.6. The number of halogens is 1. The summed E-state index contributed by atoms with van der Waals surface area (Å²) in [5.74, 6) is 1.34. The van der Waals surface area contributed by atoms with Crippen LogP contribution in [0.3, 0.4) is 0 Å². The highest BCUT2D eigenvalue weighted by molar-refractivity contribution is 14.0. The number of ether oxygens (including phenoxy) is 1. The summed E-state index contributed by atoms with van der Waals surface area (Å²) in [6.45, 7) is 8.11. The zero-order chi connectivity index (χ0) is 19.9. The fourth-order valence-corrected chi connectivity index (χ4v) is 4.16. The Morgan fingerprint density at radius 1 is 1.14 bits per heavy atom. The van der Waals surface area contributed by atoms with E-state index in [1.807, 2.05) is 7.05 Å². The molecule has 2 saturated heterocycles. The molecule has 0 aliphatic carbocycles. The maximum atomic E-state index is 6.15. The molecule has 3 unspecified atom stereocenters. The SMILES string of the molecule is CN=C(NCC1CCCOC1c1ccc(C)cc1)NCC1CN(C)CCN1C.I. The molecule has 2 aliphatic heterocycles. The molecule has 2 N–H and O–H groups in total. The Labute approximate surface area is 193 Å². The summed E-state index contributed by atoms with van der Waals surface area (Å²) < 4.78 is 6.15. The Morgan fingerprint density at radius 3 is 2.59 bits per heavy atom. The van der Waals surface area contributed by atoms with Crippen molar-refractivity contribution in [3.8, 4) is 0 Å². The van der Waals surface area contributed by atoms with Crippen LogP contribution in [0.25, 0.3) is 0 Å².